The van der Waals surface area contributed by atoms with Gasteiger partial charge < -0.3 is 15.6 Å². The summed E-state index contributed by atoms with van der Waals surface area (Å²) in [7, 11) is 1.68. The molecule has 0 bridgehead atoms. The Morgan fingerprint density at radius 3 is 2.74 bits per heavy atom. The molecule has 0 radical (unpaired) electrons. The van der Waals surface area contributed by atoms with Crippen LogP contribution in [0.25, 0.3) is 0 Å². The maximum atomic E-state index is 9.20. The second kappa shape index (κ2) is 6.89. The third-order valence-electron chi connectivity index (χ3n) is 4.05. The molecule has 1 aliphatic rings. The average molecular weight is 264 g/mol. The summed E-state index contributed by atoms with van der Waals surface area (Å²) in [6.45, 7) is 2.92. The van der Waals surface area contributed by atoms with Crippen molar-refractivity contribution in [3.63, 3.8) is 0 Å². The highest BCUT2D eigenvalue weighted by Crippen LogP contribution is 2.27. The summed E-state index contributed by atoms with van der Waals surface area (Å²) in [4.78, 5) is 2.42. The highest BCUT2D eigenvalue weighted by Gasteiger charge is 2.25. The predicted octanol–water partition coefficient (Wildman–Crippen LogP) is 1.40. The monoisotopic (exact) mass is 264 g/mol. The van der Waals surface area contributed by atoms with E-state index >= 15 is 0 Å². The Morgan fingerprint density at radius 1 is 1.42 bits per heavy atom. The van der Waals surface area contributed by atoms with Crippen LogP contribution >= 0.6 is 0 Å². The van der Waals surface area contributed by atoms with Crippen molar-refractivity contribution in [3.05, 3.63) is 29.8 Å². The zero-order valence-electron chi connectivity index (χ0n) is 11.6. The normalized spacial score (nSPS) is 19.3. The largest absolute Gasteiger partial charge is 0.497 e. The molecule has 1 aliphatic heterocycles. The van der Waals surface area contributed by atoms with Crippen LogP contribution in [0.4, 0.5) is 0 Å². The molecule has 0 amide bonds. The number of likely N-dealkylation sites (tertiary alicyclic amines) is 1. The molecule has 106 valence electrons. The Morgan fingerprint density at radius 2 is 2.16 bits per heavy atom. The first-order valence-corrected chi connectivity index (χ1v) is 6.97. The SMILES string of the molecule is COc1cccc(C(CN)N2CCC(CO)CC2)c1. The van der Waals surface area contributed by atoms with E-state index < -0.39 is 0 Å². The fourth-order valence-corrected chi connectivity index (χ4v) is 2.79. The van der Waals surface area contributed by atoms with E-state index in [2.05, 4.69) is 17.0 Å². The van der Waals surface area contributed by atoms with Gasteiger partial charge in [-0.25, -0.2) is 0 Å². The van der Waals surface area contributed by atoms with Gasteiger partial charge in [0.05, 0.1) is 7.11 Å². The topological polar surface area (TPSA) is 58.7 Å². The lowest BCUT2D eigenvalue weighted by Crippen LogP contribution is -2.40. The molecule has 1 heterocycles. The molecule has 0 saturated carbocycles. The summed E-state index contributed by atoms with van der Waals surface area (Å²) >= 11 is 0. The van der Waals surface area contributed by atoms with Crippen molar-refractivity contribution >= 4 is 0 Å². The quantitative estimate of drug-likeness (QED) is 0.844. The van der Waals surface area contributed by atoms with E-state index in [9.17, 15) is 5.11 Å². The number of benzene rings is 1. The zero-order valence-corrected chi connectivity index (χ0v) is 11.6. The molecule has 4 heteroatoms. The van der Waals surface area contributed by atoms with Gasteiger partial charge in [-0.05, 0) is 49.5 Å². The van der Waals surface area contributed by atoms with Gasteiger partial charge in [-0.15, -0.1) is 0 Å². The van der Waals surface area contributed by atoms with Crippen LogP contribution in [-0.4, -0.2) is 43.4 Å². The van der Waals surface area contributed by atoms with E-state index in [0.717, 1.165) is 31.7 Å². The maximum absolute atomic E-state index is 9.20. The van der Waals surface area contributed by atoms with Crippen LogP contribution in [0.2, 0.25) is 0 Å². The van der Waals surface area contributed by atoms with Gasteiger partial charge in [0.2, 0.25) is 0 Å². The van der Waals surface area contributed by atoms with Gasteiger partial charge >= 0.3 is 0 Å². The molecular formula is C15H24N2O2. The Balaban J connectivity index is 2.07. The number of piperidine rings is 1. The van der Waals surface area contributed by atoms with Crippen LogP contribution in [0.5, 0.6) is 5.75 Å². The Kier molecular flexibility index (Phi) is 5.19. The number of methoxy groups -OCH3 is 1. The molecule has 1 unspecified atom stereocenters. The number of ether oxygens (including phenoxy) is 1. The smallest absolute Gasteiger partial charge is 0.119 e. The van der Waals surface area contributed by atoms with Crippen LogP contribution in [-0.2, 0) is 0 Å². The summed E-state index contributed by atoms with van der Waals surface area (Å²) in [6.07, 6.45) is 2.11. The van der Waals surface area contributed by atoms with Gasteiger partial charge in [-0.3, -0.25) is 4.90 Å². The third-order valence-corrected chi connectivity index (χ3v) is 4.05. The lowest BCUT2D eigenvalue weighted by Gasteiger charge is -2.37. The fraction of sp³-hybridized carbons (Fsp3) is 0.600. The lowest BCUT2D eigenvalue weighted by atomic mass is 9.95. The van der Waals surface area contributed by atoms with Crippen molar-refractivity contribution in [1.29, 1.82) is 0 Å². The lowest BCUT2D eigenvalue weighted by molar-refractivity contribution is 0.102. The minimum atomic E-state index is 0.245. The van der Waals surface area contributed by atoms with Crippen LogP contribution < -0.4 is 10.5 Å². The standard InChI is InChI=1S/C15H24N2O2/c1-19-14-4-2-3-13(9-14)15(10-16)17-7-5-12(11-18)6-8-17/h2-4,9,12,15,18H,5-8,10-11,16H2,1H3. The van der Waals surface area contributed by atoms with Crippen LogP contribution in [0.3, 0.4) is 0 Å². The van der Waals surface area contributed by atoms with Gasteiger partial charge in [0.15, 0.2) is 0 Å². The molecule has 1 atom stereocenters. The molecule has 2 rings (SSSR count). The van der Waals surface area contributed by atoms with Crippen molar-refractivity contribution < 1.29 is 9.84 Å². The molecule has 19 heavy (non-hydrogen) atoms. The third kappa shape index (κ3) is 3.47. The Hall–Kier alpha value is -1.10. The number of nitrogens with zero attached hydrogens (tertiary/aromatic N) is 1. The van der Waals surface area contributed by atoms with Crippen LogP contribution in [0.1, 0.15) is 24.4 Å². The van der Waals surface area contributed by atoms with Crippen LogP contribution in [0.15, 0.2) is 24.3 Å². The second-order valence-corrected chi connectivity index (χ2v) is 5.19. The molecule has 0 spiro atoms. The molecule has 4 nitrogen and oxygen atoms in total. The molecule has 1 aromatic rings. The number of aliphatic hydroxyl groups is 1. The first kappa shape index (κ1) is 14.3. The van der Waals surface area contributed by atoms with Crippen molar-refractivity contribution in [2.24, 2.45) is 11.7 Å². The van der Waals surface area contributed by atoms with E-state index in [4.69, 9.17) is 10.5 Å². The minimum absolute atomic E-state index is 0.245. The summed E-state index contributed by atoms with van der Waals surface area (Å²) in [6, 6.07) is 8.38. The van der Waals surface area contributed by atoms with E-state index in [1.54, 1.807) is 7.11 Å². The predicted molar refractivity (Wildman–Crippen MR) is 76.2 cm³/mol. The van der Waals surface area contributed by atoms with Crippen molar-refractivity contribution in [1.82, 2.24) is 4.90 Å². The molecule has 0 aromatic heterocycles. The summed E-state index contributed by atoms with van der Waals surface area (Å²) < 4.78 is 5.28. The van der Waals surface area contributed by atoms with Gasteiger partial charge in [0.1, 0.15) is 5.75 Å². The van der Waals surface area contributed by atoms with E-state index in [1.165, 1.54) is 5.56 Å². The van der Waals surface area contributed by atoms with E-state index in [0.29, 0.717) is 19.1 Å². The summed E-state index contributed by atoms with van der Waals surface area (Å²) in [5.41, 5.74) is 7.17. The zero-order chi connectivity index (χ0) is 13.7. The van der Waals surface area contributed by atoms with Crippen molar-refractivity contribution in [2.75, 3.05) is 33.4 Å². The average Bonchev–Trinajstić information content (AvgIpc) is 2.49. The molecule has 1 fully saturated rings. The Labute approximate surface area is 115 Å². The van der Waals surface area contributed by atoms with Gasteiger partial charge in [0, 0.05) is 19.2 Å². The minimum Gasteiger partial charge on any atom is -0.497 e. The molecule has 3 N–H and O–H groups in total. The van der Waals surface area contributed by atoms with Gasteiger partial charge in [0.25, 0.3) is 0 Å². The highest BCUT2D eigenvalue weighted by atomic mass is 16.5. The molecule has 0 aliphatic carbocycles. The summed E-state index contributed by atoms with van der Waals surface area (Å²) in [5.74, 6) is 1.33. The number of rotatable bonds is 5. The number of aliphatic hydroxyl groups excluding tert-OH is 1. The maximum Gasteiger partial charge on any atom is 0.119 e. The fourth-order valence-electron chi connectivity index (χ4n) is 2.79. The first-order chi connectivity index (χ1) is 9.28. The van der Waals surface area contributed by atoms with Crippen molar-refractivity contribution in [2.45, 2.75) is 18.9 Å². The van der Waals surface area contributed by atoms with Crippen LogP contribution in [0, 0.1) is 5.92 Å². The van der Waals surface area contributed by atoms with E-state index in [1.807, 2.05) is 12.1 Å². The first-order valence-electron chi connectivity index (χ1n) is 6.97. The molecule has 1 aromatic carbocycles. The molecular weight excluding hydrogens is 240 g/mol. The number of nitrogens with two attached hydrogens (primary N) is 1. The Bertz CT molecular complexity index is 389. The van der Waals surface area contributed by atoms with Gasteiger partial charge in [-0.2, -0.15) is 0 Å². The number of hydrogen-bond donors (Lipinski definition) is 2. The molecule has 1 saturated heterocycles. The number of hydrogen-bond acceptors (Lipinski definition) is 4. The van der Waals surface area contributed by atoms with Gasteiger partial charge in [-0.1, -0.05) is 12.1 Å². The van der Waals surface area contributed by atoms with E-state index in [-0.39, 0.29) is 6.04 Å². The summed E-state index contributed by atoms with van der Waals surface area (Å²) in [5, 5.41) is 9.20. The highest BCUT2D eigenvalue weighted by molar-refractivity contribution is 5.30. The van der Waals surface area contributed by atoms with Crippen molar-refractivity contribution in [3.8, 4) is 5.75 Å². The second-order valence-electron chi connectivity index (χ2n) is 5.19.